The van der Waals surface area contributed by atoms with Crippen LogP contribution in [-0.4, -0.2) is 23.4 Å². The number of benzene rings is 2. The summed E-state index contributed by atoms with van der Waals surface area (Å²) < 4.78 is 0. The Kier molecular flexibility index (Phi) is 2.35. The molecule has 0 saturated carbocycles. The van der Waals surface area contributed by atoms with Crippen LogP contribution in [-0.2, 0) is 0 Å². The highest BCUT2D eigenvalue weighted by Gasteiger charge is 2.25. The number of nitrogens with zero attached hydrogens (tertiary/aromatic N) is 3. The third-order valence-corrected chi connectivity index (χ3v) is 3.49. The highest BCUT2D eigenvalue weighted by Crippen LogP contribution is 2.22. The molecule has 2 heterocycles. The molecule has 2 aromatic carbocycles. The van der Waals surface area contributed by atoms with Crippen LogP contribution in [0.4, 0.5) is 0 Å². The van der Waals surface area contributed by atoms with Crippen LogP contribution >= 0.6 is 0 Å². The lowest BCUT2D eigenvalue weighted by Gasteiger charge is -1.99. The van der Waals surface area contributed by atoms with Gasteiger partial charge in [-0.3, -0.25) is 4.79 Å². The topological polar surface area (TPSA) is 80.2 Å². The van der Waals surface area contributed by atoms with E-state index in [0.29, 0.717) is 23.1 Å². The predicted molar refractivity (Wildman–Crippen MR) is 81.0 cm³/mol. The van der Waals surface area contributed by atoms with Gasteiger partial charge >= 0.3 is 0 Å². The molecule has 4 rings (SSSR count). The molecule has 0 atom stereocenters. The van der Waals surface area contributed by atoms with Crippen molar-refractivity contribution in [2.24, 2.45) is 20.7 Å². The molecule has 0 spiro atoms. The first-order chi connectivity index (χ1) is 10.2. The van der Waals surface area contributed by atoms with Crippen molar-refractivity contribution in [1.82, 2.24) is 0 Å². The lowest BCUT2D eigenvalue weighted by Crippen LogP contribution is -2.09. The Labute approximate surface area is 120 Å². The van der Waals surface area contributed by atoms with Crippen LogP contribution in [0.15, 0.2) is 63.5 Å². The first kappa shape index (κ1) is 11.7. The van der Waals surface area contributed by atoms with Crippen LogP contribution < -0.4 is 5.73 Å². The van der Waals surface area contributed by atoms with Crippen molar-refractivity contribution in [1.29, 1.82) is 0 Å². The second-order valence-corrected chi connectivity index (χ2v) is 4.76. The zero-order chi connectivity index (χ0) is 14.4. The standard InChI is InChI=1S/C16H10N4O/c17-13-9-5-1-2-6-10(9)14(18-13)19-15-11-7-3-4-8-12(11)16(21)20-15/h1-8H,(H2,17,18,19,20,21). The Morgan fingerprint density at radius 1 is 0.810 bits per heavy atom. The minimum absolute atomic E-state index is 0.270. The number of amides is 1. The van der Waals surface area contributed by atoms with Gasteiger partial charge in [-0.15, -0.1) is 0 Å². The van der Waals surface area contributed by atoms with Crippen molar-refractivity contribution >= 4 is 23.4 Å². The monoisotopic (exact) mass is 274 g/mol. The summed E-state index contributed by atoms with van der Waals surface area (Å²) in [5, 5.41) is 0. The van der Waals surface area contributed by atoms with Crippen LogP contribution in [0, 0.1) is 0 Å². The zero-order valence-corrected chi connectivity index (χ0v) is 10.9. The van der Waals surface area contributed by atoms with Crippen LogP contribution in [0.2, 0.25) is 0 Å². The highest BCUT2D eigenvalue weighted by atomic mass is 16.1. The van der Waals surface area contributed by atoms with Gasteiger partial charge in [0.25, 0.3) is 5.91 Å². The minimum Gasteiger partial charge on any atom is -0.383 e. The van der Waals surface area contributed by atoms with Crippen molar-refractivity contribution in [3.05, 3.63) is 70.8 Å². The van der Waals surface area contributed by atoms with Gasteiger partial charge in [-0.1, -0.05) is 42.5 Å². The molecule has 0 aromatic heterocycles. The van der Waals surface area contributed by atoms with E-state index >= 15 is 0 Å². The summed E-state index contributed by atoms with van der Waals surface area (Å²) in [4.78, 5) is 24.5. The molecule has 5 heteroatoms. The molecular weight excluding hydrogens is 264 g/mol. The van der Waals surface area contributed by atoms with E-state index in [0.717, 1.165) is 16.7 Å². The van der Waals surface area contributed by atoms with E-state index < -0.39 is 0 Å². The summed E-state index contributed by atoms with van der Waals surface area (Å²) in [6.45, 7) is 0. The van der Waals surface area contributed by atoms with Crippen LogP contribution in [0.1, 0.15) is 27.0 Å². The van der Waals surface area contributed by atoms with Crippen molar-refractivity contribution in [3.8, 4) is 0 Å². The van der Waals surface area contributed by atoms with Gasteiger partial charge in [0.05, 0.1) is 5.56 Å². The van der Waals surface area contributed by atoms with Gasteiger partial charge in [-0.2, -0.15) is 4.99 Å². The Hall–Kier alpha value is -3.08. The molecule has 0 fully saturated rings. The van der Waals surface area contributed by atoms with E-state index in [1.54, 1.807) is 6.07 Å². The van der Waals surface area contributed by atoms with E-state index in [9.17, 15) is 4.79 Å². The molecule has 21 heavy (non-hydrogen) atoms. The number of hydrogen-bond donors (Lipinski definition) is 1. The van der Waals surface area contributed by atoms with Gasteiger partial charge < -0.3 is 5.73 Å². The summed E-state index contributed by atoms with van der Waals surface area (Å²) in [6, 6.07) is 14.8. The number of carbonyl (C=O) groups is 1. The Morgan fingerprint density at radius 3 is 2.19 bits per heavy atom. The maximum Gasteiger partial charge on any atom is 0.279 e. The van der Waals surface area contributed by atoms with Gasteiger partial charge in [0, 0.05) is 16.7 Å². The Morgan fingerprint density at radius 2 is 1.43 bits per heavy atom. The predicted octanol–water partition coefficient (Wildman–Crippen LogP) is 1.75. The molecule has 2 aliphatic heterocycles. The molecule has 1 amide bonds. The molecule has 0 saturated heterocycles. The summed E-state index contributed by atoms with van der Waals surface area (Å²) in [6.07, 6.45) is 0. The number of nitrogens with two attached hydrogens (primary N) is 1. The van der Waals surface area contributed by atoms with Gasteiger partial charge in [-0.25, -0.2) is 9.98 Å². The summed E-state index contributed by atoms with van der Waals surface area (Å²) in [5.41, 5.74) is 8.91. The molecule has 2 aliphatic rings. The van der Waals surface area contributed by atoms with Gasteiger partial charge in [-0.05, 0) is 6.07 Å². The molecule has 0 radical (unpaired) electrons. The van der Waals surface area contributed by atoms with E-state index in [-0.39, 0.29) is 5.91 Å². The minimum atomic E-state index is -0.270. The zero-order valence-electron chi connectivity index (χ0n) is 10.9. The van der Waals surface area contributed by atoms with Gasteiger partial charge in [0.15, 0.2) is 11.7 Å². The second kappa shape index (κ2) is 4.21. The maximum atomic E-state index is 11.8. The molecule has 2 aromatic rings. The number of amidine groups is 3. The van der Waals surface area contributed by atoms with Crippen molar-refractivity contribution in [3.63, 3.8) is 0 Å². The number of aliphatic imine (C=N–C) groups is 3. The largest absolute Gasteiger partial charge is 0.383 e. The molecule has 100 valence electrons. The summed E-state index contributed by atoms with van der Waals surface area (Å²) in [7, 11) is 0. The fourth-order valence-electron chi connectivity index (χ4n) is 2.49. The highest BCUT2D eigenvalue weighted by molar-refractivity contribution is 6.28. The second-order valence-electron chi connectivity index (χ2n) is 4.76. The average molecular weight is 274 g/mol. The molecule has 5 nitrogen and oxygen atoms in total. The van der Waals surface area contributed by atoms with Gasteiger partial charge in [0.2, 0.25) is 0 Å². The number of fused-ring (bicyclic) bond motifs is 2. The van der Waals surface area contributed by atoms with E-state index in [4.69, 9.17) is 5.73 Å². The third kappa shape index (κ3) is 1.71. The maximum absolute atomic E-state index is 11.8. The summed E-state index contributed by atoms with van der Waals surface area (Å²) >= 11 is 0. The fourth-order valence-corrected chi connectivity index (χ4v) is 2.49. The van der Waals surface area contributed by atoms with E-state index in [2.05, 4.69) is 15.0 Å². The molecule has 0 unspecified atom stereocenters. The molecular formula is C16H10N4O. The lowest BCUT2D eigenvalue weighted by atomic mass is 10.1. The van der Waals surface area contributed by atoms with Gasteiger partial charge in [0.1, 0.15) is 5.84 Å². The SMILES string of the molecule is NC1=NC(=NC2=NC(=O)c3ccccc32)c2ccccc21. The van der Waals surface area contributed by atoms with E-state index in [1.807, 2.05) is 42.5 Å². The average Bonchev–Trinajstić information content (AvgIpc) is 3.00. The van der Waals surface area contributed by atoms with Crippen LogP contribution in [0.25, 0.3) is 0 Å². The summed E-state index contributed by atoms with van der Waals surface area (Å²) in [5.74, 6) is 1.04. The molecule has 0 aliphatic carbocycles. The number of rotatable bonds is 0. The van der Waals surface area contributed by atoms with Crippen molar-refractivity contribution in [2.75, 3.05) is 0 Å². The third-order valence-electron chi connectivity index (χ3n) is 3.49. The molecule has 0 bridgehead atoms. The molecule has 2 N–H and O–H groups in total. The smallest absolute Gasteiger partial charge is 0.279 e. The Balaban J connectivity index is 1.85. The quantitative estimate of drug-likeness (QED) is 0.794. The number of carbonyl (C=O) groups excluding carboxylic acids is 1. The number of hydrogen-bond acceptors (Lipinski definition) is 3. The fraction of sp³-hybridized carbons (Fsp3) is 0. The normalized spacial score (nSPS) is 17.5. The van der Waals surface area contributed by atoms with Crippen LogP contribution in [0.5, 0.6) is 0 Å². The van der Waals surface area contributed by atoms with Crippen LogP contribution in [0.3, 0.4) is 0 Å². The first-order valence-corrected chi connectivity index (χ1v) is 6.49. The van der Waals surface area contributed by atoms with E-state index in [1.165, 1.54) is 0 Å². The Bertz CT molecular complexity index is 877. The first-order valence-electron chi connectivity index (χ1n) is 6.49. The van der Waals surface area contributed by atoms with Crippen molar-refractivity contribution < 1.29 is 4.79 Å². The van der Waals surface area contributed by atoms with Crippen molar-refractivity contribution in [2.45, 2.75) is 0 Å². The lowest BCUT2D eigenvalue weighted by molar-refractivity contribution is 0.101.